The monoisotopic (exact) mass is 592 g/mol. The van der Waals surface area contributed by atoms with Crippen molar-refractivity contribution in [1.82, 2.24) is 19.9 Å². The Balaban J connectivity index is 1.38. The predicted octanol–water partition coefficient (Wildman–Crippen LogP) is 6.43. The van der Waals surface area contributed by atoms with E-state index in [0.717, 1.165) is 43.6 Å². The summed E-state index contributed by atoms with van der Waals surface area (Å²) in [4.78, 5) is 28.5. The van der Waals surface area contributed by atoms with E-state index in [9.17, 15) is 18.0 Å². The van der Waals surface area contributed by atoms with Crippen molar-refractivity contribution in [3.63, 3.8) is 0 Å². The molecule has 43 heavy (non-hydrogen) atoms. The number of benzene rings is 2. The quantitative estimate of drug-likeness (QED) is 0.217. The summed E-state index contributed by atoms with van der Waals surface area (Å²) < 4.78 is 52.5. The average Bonchev–Trinajstić information content (AvgIpc) is 3.52. The van der Waals surface area contributed by atoms with Crippen LogP contribution >= 0.6 is 0 Å². The molecule has 0 spiro atoms. The lowest BCUT2D eigenvalue weighted by Gasteiger charge is -2.18. The van der Waals surface area contributed by atoms with E-state index in [1.54, 1.807) is 49.8 Å². The summed E-state index contributed by atoms with van der Waals surface area (Å²) in [5.41, 5.74) is 1.12. The topological polar surface area (TPSA) is 102 Å². The van der Waals surface area contributed by atoms with E-state index in [2.05, 4.69) is 30.5 Å². The fraction of sp³-hybridized carbons (Fsp3) is 0.290. The van der Waals surface area contributed by atoms with Gasteiger partial charge in [0.25, 0.3) is 5.91 Å². The molecule has 0 aliphatic carbocycles. The van der Waals surface area contributed by atoms with E-state index in [4.69, 9.17) is 9.47 Å². The summed E-state index contributed by atoms with van der Waals surface area (Å²) >= 11 is 0. The van der Waals surface area contributed by atoms with E-state index in [1.165, 1.54) is 12.1 Å². The van der Waals surface area contributed by atoms with Crippen LogP contribution < -0.4 is 20.1 Å². The van der Waals surface area contributed by atoms with E-state index in [1.807, 2.05) is 6.92 Å². The van der Waals surface area contributed by atoms with Gasteiger partial charge in [-0.2, -0.15) is 13.2 Å². The van der Waals surface area contributed by atoms with Gasteiger partial charge in [-0.3, -0.25) is 9.69 Å². The Hall–Kier alpha value is -4.71. The van der Waals surface area contributed by atoms with Crippen LogP contribution in [0.4, 0.5) is 24.8 Å². The molecule has 1 amide bonds. The number of aryl methyl sites for hydroxylation is 1. The summed E-state index contributed by atoms with van der Waals surface area (Å²) in [6, 6.07) is 13.1. The number of halogens is 3. The molecule has 2 aromatic heterocycles. The van der Waals surface area contributed by atoms with Crippen molar-refractivity contribution in [3.05, 3.63) is 83.7 Å². The van der Waals surface area contributed by atoms with Gasteiger partial charge in [-0.15, -0.1) is 0 Å². The fourth-order valence-electron chi connectivity index (χ4n) is 4.67. The highest BCUT2D eigenvalue weighted by Crippen LogP contribution is 2.36. The molecule has 12 heteroatoms. The first-order chi connectivity index (χ1) is 20.7. The number of amides is 1. The molecule has 5 rings (SSSR count). The molecule has 0 atom stereocenters. The van der Waals surface area contributed by atoms with Crippen molar-refractivity contribution in [1.29, 1.82) is 0 Å². The normalized spacial score (nSPS) is 13.5. The van der Waals surface area contributed by atoms with Gasteiger partial charge in [0, 0.05) is 31.5 Å². The van der Waals surface area contributed by atoms with Crippen molar-refractivity contribution in [2.75, 3.05) is 43.9 Å². The molecule has 0 unspecified atom stereocenters. The Morgan fingerprint density at radius 2 is 1.81 bits per heavy atom. The zero-order valence-electron chi connectivity index (χ0n) is 23.7. The smallest absolute Gasteiger partial charge is 0.416 e. The molecule has 3 heterocycles. The van der Waals surface area contributed by atoms with Gasteiger partial charge in [-0.25, -0.2) is 15.0 Å². The minimum absolute atomic E-state index is 0.0691. The third-order valence-electron chi connectivity index (χ3n) is 7.00. The second kappa shape index (κ2) is 13.1. The number of nitrogens with zero attached hydrogens (tertiary/aromatic N) is 4. The molecule has 0 bridgehead atoms. The van der Waals surface area contributed by atoms with Gasteiger partial charge >= 0.3 is 6.18 Å². The summed E-state index contributed by atoms with van der Waals surface area (Å²) in [5, 5.41) is 5.50. The molecule has 1 aliphatic heterocycles. The summed E-state index contributed by atoms with van der Waals surface area (Å²) in [5.74, 6) is 0.575. The van der Waals surface area contributed by atoms with Crippen molar-refractivity contribution in [3.8, 4) is 28.6 Å². The summed E-state index contributed by atoms with van der Waals surface area (Å²) in [6.07, 6.45) is 0.826. The van der Waals surface area contributed by atoms with Crippen LogP contribution in [0, 0.1) is 6.92 Å². The lowest BCUT2D eigenvalue weighted by Crippen LogP contribution is -2.25. The maximum absolute atomic E-state index is 13.5. The minimum atomic E-state index is -4.59. The highest BCUT2D eigenvalue weighted by Gasteiger charge is 2.31. The number of carbonyl (C=O) groups excluding carboxylic acids is 1. The van der Waals surface area contributed by atoms with Crippen molar-refractivity contribution < 1.29 is 27.4 Å². The first-order valence-electron chi connectivity index (χ1n) is 13.8. The number of nitrogens with one attached hydrogen (secondary N) is 2. The Labute approximate surface area is 247 Å². The molecule has 2 aromatic carbocycles. The van der Waals surface area contributed by atoms with Crippen LogP contribution in [0.5, 0.6) is 17.4 Å². The molecule has 1 aliphatic rings. The van der Waals surface area contributed by atoms with Crippen LogP contribution in [0.25, 0.3) is 11.3 Å². The molecule has 2 N–H and O–H groups in total. The van der Waals surface area contributed by atoms with Crippen LogP contribution in [-0.2, 0) is 6.18 Å². The molecular formula is C31H31F3N6O3. The molecule has 1 saturated heterocycles. The lowest BCUT2D eigenvalue weighted by molar-refractivity contribution is -0.137. The molecular weight excluding hydrogens is 561 g/mol. The molecule has 4 aromatic rings. The van der Waals surface area contributed by atoms with Crippen molar-refractivity contribution in [2.45, 2.75) is 25.9 Å². The summed E-state index contributed by atoms with van der Waals surface area (Å²) in [7, 11) is 1.71. The van der Waals surface area contributed by atoms with E-state index in [-0.39, 0.29) is 29.5 Å². The van der Waals surface area contributed by atoms with E-state index < -0.39 is 17.6 Å². The highest BCUT2D eigenvalue weighted by atomic mass is 19.4. The minimum Gasteiger partial charge on any atom is -0.490 e. The lowest BCUT2D eigenvalue weighted by atomic mass is 10.1. The van der Waals surface area contributed by atoms with Crippen LogP contribution in [-0.4, -0.2) is 59.0 Å². The number of hydrogen-bond donors (Lipinski definition) is 2. The first-order valence-corrected chi connectivity index (χ1v) is 13.8. The Morgan fingerprint density at radius 3 is 2.58 bits per heavy atom. The molecule has 9 nitrogen and oxygen atoms in total. The zero-order chi connectivity index (χ0) is 30.4. The molecule has 0 radical (unpaired) electrons. The van der Waals surface area contributed by atoms with Gasteiger partial charge in [-0.1, -0.05) is 6.07 Å². The Kier molecular flexibility index (Phi) is 9.05. The number of likely N-dealkylation sites (tertiary alicyclic amines) is 1. The van der Waals surface area contributed by atoms with Crippen LogP contribution in [0.1, 0.15) is 34.3 Å². The third-order valence-corrected chi connectivity index (χ3v) is 7.00. The second-order valence-corrected chi connectivity index (χ2v) is 10.0. The van der Waals surface area contributed by atoms with E-state index in [0.29, 0.717) is 29.5 Å². The fourth-order valence-corrected chi connectivity index (χ4v) is 4.67. The van der Waals surface area contributed by atoms with Crippen LogP contribution in [0.2, 0.25) is 0 Å². The maximum Gasteiger partial charge on any atom is 0.416 e. The second-order valence-electron chi connectivity index (χ2n) is 10.0. The zero-order valence-corrected chi connectivity index (χ0v) is 23.7. The first kappa shape index (κ1) is 29.8. The molecule has 224 valence electrons. The van der Waals surface area contributed by atoms with Crippen LogP contribution in [0.15, 0.2) is 67.0 Å². The number of aromatic nitrogens is 3. The average molecular weight is 593 g/mol. The highest BCUT2D eigenvalue weighted by molar-refractivity contribution is 6.05. The van der Waals surface area contributed by atoms with Crippen LogP contribution in [0.3, 0.4) is 0 Å². The predicted molar refractivity (Wildman–Crippen MR) is 157 cm³/mol. The van der Waals surface area contributed by atoms with Crippen molar-refractivity contribution >= 4 is 17.5 Å². The van der Waals surface area contributed by atoms with Gasteiger partial charge in [0.2, 0.25) is 11.8 Å². The third kappa shape index (κ3) is 7.39. The number of carbonyl (C=O) groups is 1. The SMILES string of the molecule is CNc1nccc(-c2cccnc2Oc2cc(C(=O)Nc3cc(C(F)(F)F)ccc3OCCN3CCCC3)ccc2C)n1. The summed E-state index contributed by atoms with van der Waals surface area (Å²) in [6.45, 7) is 4.67. The number of rotatable bonds is 10. The maximum atomic E-state index is 13.5. The van der Waals surface area contributed by atoms with Crippen molar-refractivity contribution in [2.24, 2.45) is 0 Å². The standard InChI is InChI=1S/C31H31F3N6O3/c1-20-7-8-21(18-27(20)43-29-23(6-5-12-36-29)24-11-13-37-30(35-2)39-24)28(41)38-25-19-22(31(32,33)34)9-10-26(25)42-17-16-40-14-3-4-15-40/h5-13,18-19H,3-4,14-17H2,1-2H3,(H,38,41)(H,35,37,39). The largest absolute Gasteiger partial charge is 0.490 e. The van der Waals surface area contributed by atoms with Gasteiger partial charge in [-0.05, 0) is 86.9 Å². The van der Waals surface area contributed by atoms with Gasteiger partial charge in [0.15, 0.2) is 0 Å². The van der Waals surface area contributed by atoms with Gasteiger partial charge < -0.3 is 20.1 Å². The number of pyridine rings is 1. The van der Waals surface area contributed by atoms with E-state index >= 15 is 0 Å². The molecule has 0 saturated carbocycles. The molecule has 1 fully saturated rings. The number of anilines is 2. The van der Waals surface area contributed by atoms with Gasteiger partial charge in [0.1, 0.15) is 18.1 Å². The number of hydrogen-bond acceptors (Lipinski definition) is 8. The van der Waals surface area contributed by atoms with Gasteiger partial charge in [0.05, 0.1) is 22.5 Å². The number of alkyl halides is 3. The Morgan fingerprint density at radius 1 is 1.00 bits per heavy atom. The number of ether oxygens (including phenoxy) is 2. The Bertz CT molecular complexity index is 1590.